The topological polar surface area (TPSA) is 23.5 Å². The third-order valence-corrected chi connectivity index (χ3v) is 3.39. The van der Waals surface area contributed by atoms with Gasteiger partial charge in [-0.25, -0.2) is 0 Å². The summed E-state index contributed by atoms with van der Waals surface area (Å²) in [6, 6.07) is 8.38. The largest absolute Gasteiger partial charge is 0.388 e. The van der Waals surface area contributed by atoms with Crippen LogP contribution >= 0.6 is 0 Å². The molecule has 1 aromatic carbocycles. The highest BCUT2D eigenvalue weighted by atomic mass is 16.3. The molecule has 1 aromatic rings. The molecule has 0 unspecified atom stereocenters. The highest BCUT2D eigenvalue weighted by Crippen LogP contribution is 2.23. The molecule has 88 valence electrons. The Morgan fingerprint density at radius 2 is 1.75 bits per heavy atom. The van der Waals surface area contributed by atoms with Gasteiger partial charge in [-0.05, 0) is 43.4 Å². The fraction of sp³-hybridized carbons (Fsp3) is 0.571. The quantitative estimate of drug-likeness (QED) is 0.844. The lowest BCUT2D eigenvalue weighted by atomic mass is 10.1. The van der Waals surface area contributed by atoms with Crippen molar-refractivity contribution in [3.63, 3.8) is 0 Å². The molecule has 2 nitrogen and oxygen atoms in total. The standard InChI is InChI=1S/C14H21NO/c1-2-14(16)12-6-8-13(9-7-12)15-10-4-3-5-11-15/h6-9,14,16H,2-5,10-11H2,1H3/t14-/m1/s1. The van der Waals surface area contributed by atoms with Crippen molar-refractivity contribution in [2.75, 3.05) is 18.0 Å². The molecule has 2 heteroatoms. The van der Waals surface area contributed by atoms with E-state index in [0.29, 0.717) is 0 Å². The summed E-state index contributed by atoms with van der Waals surface area (Å²) in [6.07, 6.45) is 4.45. The molecule has 0 amide bonds. The molecule has 1 atom stereocenters. The number of piperidine rings is 1. The predicted octanol–water partition coefficient (Wildman–Crippen LogP) is 3.12. The third-order valence-electron chi connectivity index (χ3n) is 3.39. The molecule has 1 fully saturated rings. The maximum atomic E-state index is 9.72. The first-order valence-electron chi connectivity index (χ1n) is 6.34. The third kappa shape index (κ3) is 2.56. The number of aliphatic hydroxyl groups is 1. The molecule has 0 aromatic heterocycles. The van der Waals surface area contributed by atoms with E-state index >= 15 is 0 Å². The van der Waals surface area contributed by atoms with Gasteiger partial charge in [0, 0.05) is 18.8 Å². The molecule has 16 heavy (non-hydrogen) atoms. The number of anilines is 1. The lowest BCUT2D eigenvalue weighted by Gasteiger charge is -2.29. The van der Waals surface area contributed by atoms with Crippen molar-refractivity contribution >= 4 is 5.69 Å². The number of benzene rings is 1. The van der Waals surface area contributed by atoms with Gasteiger partial charge in [0.25, 0.3) is 0 Å². The number of nitrogens with zero attached hydrogens (tertiary/aromatic N) is 1. The summed E-state index contributed by atoms with van der Waals surface area (Å²) < 4.78 is 0. The number of hydrogen-bond donors (Lipinski definition) is 1. The van der Waals surface area contributed by atoms with Crippen molar-refractivity contribution in [1.82, 2.24) is 0 Å². The van der Waals surface area contributed by atoms with Gasteiger partial charge in [0.15, 0.2) is 0 Å². The van der Waals surface area contributed by atoms with E-state index in [4.69, 9.17) is 0 Å². The average molecular weight is 219 g/mol. The van der Waals surface area contributed by atoms with E-state index in [1.807, 2.05) is 6.92 Å². The van der Waals surface area contributed by atoms with E-state index in [1.165, 1.54) is 38.0 Å². The fourth-order valence-electron chi connectivity index (χ4n) is 2.30. The summed E-state index contributed by atoms with van der Waals surface area (Å²) in [6.45, 7) is 4.36. The maximum Gasteiger partial charge on any atom is 0.0787 e. The lowest BCUT2D eigenvalue weighted by Crippen LogP contribution is -2.29. The summed E-state index contributed by atoms with van der Waals surface area (Å²) in [7, 11) is 0. The zero-order valence-electron chi connectivity index (χ0n) is 10.0. The van der Waals surface area contributed by atoms with Crippen LogP contribution < -0.4 is 4.90 Å². The van der Waals surface area contributed by atoms with Crippen LogP contribution in [0.15, 0.2) is 24.3 Å². The van der Waals surface area contributed by atoms with Crippen LogP contribution in [0.5, 0.6) is 0 Å². The molecule has 1 aliphatic rings. The van der Waals surface area contributed by atoms with Gasteiger partial charge in [-0.2, -0.15) is 0 Å². The Labute approximate surface area is 97.9 Å². The minimum Gasteiger partial charge on any atom is -0.388 e. The van der Waals surface area contributed by atoms with Crippen LogP contribution in [0, 0.1) is 0 Å². The first-order chi connectivity index (χ1) is 7.81. The van der Waals surface area contributed by atoms with Gasteiger partial charge < -0.3 is 10.0 Å². The number of hydrogen-bond acceptors (Lipinski definition) is 2. The van der Waals surface area contributed by atoms with Gasteiger partial charge >= 0.3 is 0 Å². The highest BCUT2D eigenvalue weighted by Gasteiger charge is 2.11. The Kier molecular flexibility index (Phi) is 3.83. The zero-order valence-corrected chi connectivity index (χ0v) is 10.0. The first kappa shape index (κ1) is 11.5. The second kappa shape index (κ2) is 5.35. The molecular formula is C14H21NO. The van der Waals surface area contributed by atoms with Crippen molar-refractivity contribution < 1.29 is 5.11 Å². The number of rotatable bonds is 3. The second-order valence-electron chi connectivity index (χ2n) is 4.56. The second-order valence-corrected chi connectivity index (χ2v) is 4.56. The molecule has 2 rings (SSSR count). The maximum absolute atomic E-state index is 9.72. The first-order valence-corrected chi connectivity index (χ1v) is 6.34. The Balaban J connectivity index is 2.06. The molecule has 1 heterocycles. The molecule has 0 spiro atoms. The summed E-state index contributed by atoms with van der Waals surface area (Å²) >= 11 is 0. The average Bonchev–Trinajstić information content (AvgIpc) is 2.39. The van der Waals surface area contributed by atoms with Crippen LogP contribution in [0.25, 0.3) is 0 Å². The van der Waals surface area contributed by atoms with Crippen molar-refractivity contribution in [2.24, 2.45) is 0 Å². The smallest absolute Gasteiger partial charge is 0.0787 e. The van der Waals surface area contributed by atoms with Crippen LogP contribution in [0.2, 0.25) is 0 Å². The molecule has 0 saturated carbocycles. The van der Waals surface area contributed by atoms with Crippen LogP contribution in [0.1, 0.15) is 44.3 Å². The molecule has 0 aliphatic carbocycles. The van der Waals surface area contributed by atoms with Crippen LogP contribution in [-0.4, -0.2) is 18.2 Å². The molecule has 1 aliphatic heterocycles. The van der Waals surface area contributed by atoms with E-state index in [9.17, 15) is 5.11 Å². The van der Waals surface area contributed by atoms with Gasteiger partial charge in [0.2, 0.25) is 0 Å². The molecule has 1 N–H and O–H groups in total. The zero-order chi connectivity index (χ0) is 11.4. The monoisotopic (exact) mass is 219 g/mol. The Hall–Kier alpha value is -1.02. The molecule has 0 bridgehead atoms. The summed E-state index contributed by atoms with van der Waals surface area (Å²) in [5.41, 5.74) is 2.33. The fourth-order valence-corrected chi connectivity index (χ4v) is 2.30. The predicted molar refractivity (Wildman–Crippen MR) is 67.8 cm³/mol. The van der Waals surface area contributed by atoms with Crippen molar-refractivity contribution in [3.8, 4) is 0 Å². The molecule has 0 radical (unpaired) electrons. The minimum absolute atomic E-state index is 0.310. The van der Waals surface area contributed by atoms with E-state index in [1.54, 1.807) is 0 Å². The molecule has 1 saturated heterocycles. The van der Waals surface area contributed by atoms with Crippen LogP contribution in [0.3, 0.4) is 0 Å². The van der Waals surface area contributed by atoms with E-state index in [0.717, 1.165) is 12.0 Å². The normalized spacial score (nSPS) is 18.5. The van der Waals surface area contributed by atoms with E-state index in [-0.39, 0.29) is 6.10 Å². The molecular weight excluding hydrogens is 198 g/mol. The summed E-state index contributed by atoms with van der Waals surface area (Å²) in [5.74, 6) is 0. The van der Waals surface area contributed by atoms with Crippen molar-refractivity contribution in [1.29, 1.82) is 0 Å². The van der Waals surface area contributed by atoms with Crippen molar-refractivity contribution in [2.45, 2.75) is 38.7 Å². The number of aliphatic hydroxyl groups excluding tert-OH is 1. The summed E-state index contributed by atoms with van der Waals surface area (Å²) in [4.78, 5) is 2.44. The Morgan fingerprint density at radius 3 is 2.31 bits per heavy atom. The van der Waals surface area contributed by atoms with Gasteiger partial charge in [-0.3, -0.25) is 0 Å². The van der Waals surface area contributed by atoms with Crippen LogP contribution in [-0.2, 0) is 0 Å². The van der Waals surface area contributed by atoms with Crippen molar-refractivity contribution in [3.05, 3.63) is 29.8 Å². The Morgan fingerprint density at radius 1 is 1.12 bits per heavy atom. The van der Waals surface area contributed by atoms with E-state index in [2.05, 4.69) is 29.2 Å². The van der Waals surface area contributed by atoms with Gasteiger partial charge in [-0.1, -0.05) is 19.1 Å². The summed E-state index contributed by atoms with van der Waals surface area (Å²) in [5, 5.41) is 9.72. The van der Waals surface area contributed by atoms with Crippen LogP contribution in [0.4, 0.5) is 5.69 Å². The van der Waals surface area contributed by atoms with Gasteiger partial charge in [0.05, 0.1) is 6.10 Å². The lowest BCUT2D eigenvalue weighted by molar-refractivity contribution is 0.173. The van der Waals surface area contributed by atoms with Gasteiger partial charge in [-0.15, -0.1) is 0 Å². The SMILES string of the molecule is CC[C@@H](O)c1ccc(N2CCCCC2)cc1. The van der Waals surface area contributed by atoms with E-state index < -0.39 is 0 Å². The van der Waals surface area contributed by atoms with Gasteiger partial charge in [0.1, 0.15) is 0 Å². The Bertz CT molecular complexity index is 314. The highest BCUT2D eigenvalue weighted by molar-refractivity contribution is 5.48. The minimum atomic E-state index is -0.310.